The Hall–Kier alpha value is -3.24. The van der Waals surface area contributed by atoms with Gasteiger partial charge in [-0.25, -0.2) is 4.98 Å². The number of anilines is 2. The van der Waals surface area contributed by atoms with Gasteiger partial charge in [0.25, 0.3) is 5.82 Å². The lowest BCUT2D eigenvalue weighted by atomic mass is 9.95. The summed E-state index contributed by atoms with van der Waals surface area (Å²) in [4.78, 5) is 26.8. The number of piperidine rings is 1. The molecule has 0 bridgehead atoms. The maximum atomic E-state index is 13.4. The smallest absolute Gasteiger partial charge is 0.326 e. The van der Waals surface area contributed by atoms with Crippen LogP contribution in [0.5, 0.6) is 0 Å². The van der Waals surface area contributed by atoms with E-state index in [1.54, 1.807) is 0 Å². The average molecular weight is 413 g/mol. The third kappa shape index (κ3) is 4.79. The highest BCUT2D eigenvalue weighted by molar-refractivity contribution is 5.93. The molecule has 2 N–H and O–H groups in total. The molecule has 0 unspecified atom stereocenters. The lowest BCUT2D eigenvalue weighted by Crippen LogP contribution is -2.40. The molecule has 1 aromatic heterocycles. The number of benzene rings is 1. The molecule has 1 aromatic carbocycles. The first-order valence-corrected chi connectivity index (χ1v) is 8.74. The van der Waals surface area contributed by atoms with E-state index in [4.69, 9.17) is 0 Å². The van der Waals surface area contributed by atoms with Crippen LogP contribution in [-0.4, -0.2) is 23.9 Å². The Morgan fingerprint density at radius 1 is 1.21 bits per heavy atom. The third-order valence-corrected chi connectivity index (χ3v) is 4.74. The number of rotatable bonds is 4. The predicted molar refractivity (Wildman–Crippen MR) is 94.6 cm³/mol. The molecule has 1 saturated heterocycles. The fraction of sp³-hybridized carbons (Fsp3) is 0.333. The van der Waals surface area contributed by atoms with E-state index in [2.05, 4.69) is 10.3 Å². The highest BCUT2D eigenvalue weighted by Crippen LogP contribution is 2.29. The lowest BCUT2D eigenvalue weighted by molar-refractivity contribution is -0.387. The van der Waals surface area contributed by atoms with Crippen molar-refractivity contribution < 1.29 is 32.3 Å². The Bertz CT molecular complexity index is 910. The number of alkyl halides is 3. The van der Waals surface area contributed by atoms with Gasteiger partial charge in [0.2, 0.25) is 11.7 Å². The van der Waals surface area contributed by atoms with E-state index in [-0.39, 0.29) is 17.5 Å². The van der Waals surface area contributed by atoms with E-state index in [1.807, 2.05) is 4.90 Å². The molecular formula is C18H17F4N4O3+. The van der Waals surface area contributed by atoms with Crippen molar-refractivity contribution in [2.75, 3.05) is 23.3 Å². The lowest BCUT2D eigenvalue weighted by Gasteiger charge is -2.27. The number of carbonyl (C=O) groups excluding carboxylic acids is 1. The molecule has 0 aliphatic carbocycles. The Kier molecular flexibility index (Phi) is 5.66. The van der Waals surface area contributed by atoms with Crippen LogP contribution in [0.2, 0.25) is 0 Å². The molecular weight excluding hydrogens is 396 g/mol. The van der Waals surface area contributed by atoms with Gasteiger partial charge < -0.3 is 5.32 Å². The minimum atomic E-state index is -4.42. The molecule has 0 saturated carbocycles. The van der Waals surface area contributed by atoms with E-state index in [0.29, 0.717) is 31.7 Å². The zero-order chi connectivity index (χ0) is 21.2. The molecule has 1 aliphatic rings. The number of aromatic amines is 1. The number of aromatic nitrogens is 1. The summed E-state index contributed by atoms with van der Waals surface area (Å²) in [6, 6.07) is 5.45. The number of pyridine rings is 1. The predicted octanol–water partition coefficient (Wildman–Crippen LogP) is 3.42. The second-order valence-electron chi connectivity index (χ2n) is 6.63. The Labute approximate surface area is 162 Å². The van der Waals surface area contributed by atoms with Crippen molar-refractivity contribution in [1.29, 1.82) is 0 Å². The van der Waals surface area contributed by atoms with Crippen LogP contribution in [0.4, 0.5) is 34.8 Å². The summed E-state index contributed by atoms with van der Waals surface area (Å²) in [5.41, 5.74) is -1.37. The summed E-state index contributed by atoms with van der Waals surface area (Å²) in [6.07, 6.45) is -2.63. The van der Waals surface area contributed by atoms with Crippen molar-refractivity contribution in [3.05, 3.63) is 58.0 Å². The second kappa shape index (κ2) is 8.02. The first-order chi connectivity index (χ1) is 13.6. The zero-order valence-corrected chi connectivity index (χ0v) is 15.0. The summed E-state index contributed by atoms with van der Waals surface area (Å²) >= 11 is 0. The van der Waals surface area contributed by atoms with Crippen LogP contribution >= 0.6 is 0 Å². The number of amides is 1. The standard InChI is InChI=1S/C18H16F4N4O3/c19-14-3-2-13(9-15(14)26(28)29)24-17(27)11-5-7-25(8-6-11)16-4-1-12(10-23-16)18(20,21)22/h1-4,9-11H,5-8H2,(H,24,27)/p+1. The number of nitrogens with one attached hydrogen (secondary N) is 2. The monoisotopic (exact) mass is 413 g/mol. The summed E-state index contributed by atoms with van der Waals surface area (Å²) in [5, 5.41) is 13.3. The van der Waals surface area contributed by atoms with Gasteiger partial charge in [-0.05, 0) is 31.0 Å². The molecule has 1 amide bonds. The Morgan fingerprint density at radius 2 is 1.90 bits per heavy atom. The van der Waals surface area contributed by atoms with Gasteiger partial charge >= 0.3 is 11.9 Å². The maximum Gasteiger partial charge on any atom is 0.419 e. The number of carbonyl (C=O) groups is 1. The van der Waals surface area contributed by atoms with Gasteiger partial charge in [0.15, 0.2) is 0 Å². The fourth-order valence-corrected chi connectivity index (χ4v) is 3.15. The number of nitrogens with zero attached hydrogens (tertiary/aromatic N) is 2. The summed E-state index contributed by atoms with van der Waals surface area (Å²) in [6.45, 7) is 0.896. The van der Waals surface area contributed by atoms with Crippen LogP contribution in [0, 0.1) is 21.8 Å². The largest absolute Gasteiger partial charge is 0.419 e. The molecule has 2 aromatic rings. The van der Waals surface area contributed by atoms with Crippen LogP contribution in [0.1, 0.15) is 18.4 Å². The van der Waals surface area contributed by atoms with Gasteiger partial charge in [-0.1, -0.05) is 0 Å². The molecule has 2 heterocycles. The average Bonchev–Trinajstić information content (AvgIpc) is 2.69. The first-order valence-electron chi connectivity index (χ1n) is 8.74. The normalized spacial score (nSPS) is 15.2. The molecule has 7 nitrogen and oxygen atoms in total. The number of hydrogen-bond donors (Lipinski definition) is 1. The molecule has 0 atom stereocenters. The molecule has 11 heteroatoms. The summed E-state index contributed by atoms with van der Waals surface area (Å²) in [5.74, 6) is -1.19. The summed E-state index contributed by atoms with van der Waals surface area (Å²) in [7, 11) is 0. The van der Waals surface area contributed by atoms with Gasteiger partial charge in [0.1, 0.15) is 6.20 Å². The van der Waals surface area contributed by atoms with Gasteiger partial charge in [-0.3, -0.25) is 19.8 Å². The van der Waals surface area contributed by atoms with Crippen molar-refractivity contribution in [3.8, 4) is 0 Å². The van der Waals surface area contributed by atoms with Crippen LogP contribution in [0.15, 0.2) is 36.5 Å². The van der Waals surface area contributed by atoms with Crippen molar-refractivity contribution >= 4 is 23.1 Å². The summed E-state index contributed by atoms with van der Waals surface area (Å²) < 4.78 is 51.3. The number of nitro benzene ring substituents is 1. The quantitative estimate of drug-likeness (QED) is 0.473. The fourth-order valence-electron chi connectivity index (χ4n) is 3.15. The van der Waals surface area contributed by atoms with Gasteiger partial charge in [0, 0.05) is 23.7 Å². The third-order valence-electron chi connectivity index (χ3n) is 4.74. The molecule has 0 radical (unpaired) electrons. The second-order valence-corrected chi connectivity index (χ2v) is 6.63. The number of nitro groups is 1. The maximum absolute atomic E-state index is 13.4. The minimum absolute atomic E-state index is 0.126. The highest BCUT2D eigenvalue weighted by Gasteiger charge is 2.33. The van der Waals surface area contributed by atoms with E-state index in [1.165, 1.54) is 12.1 Å². The van der Waals surface area contributed by atoms with Crippen molar-refractivity contribution in [3.63, 3.8) is 0 Å². The van der Waals surface area contributed by atoms with E-state index < -0.39 is 28.2 Å². The zero-order valence-electron chi connectivity index (χ0n) is 15.0. The molecule has 29 heavy (non-hydrogen) atoms. The van der Waals surface area contributed by atoms with E-state index >= 15 is 0 Å². The minimum Gasteiger partial charge on any atom is -0.326 e. The first kappa shape index (κ1) is 20.5. The molecule has 1 fully saturated rings. The number of hydrogen-bond acceptors (Lipinski definition) is 4. The molecule has 154 valence electrons. The van der Waals surface area contributed by atoms with Gasteiger partial charge in [-0.2, -0.15) is 17.6 Å². The Morgan fingerprint density at radius 3 is 2.45 bits per heavy atom. The van der Waals surface area contributed by atoms with Crippen molar-refractivity contribution in [2.45, 2.75) is 19.0 Å². The van der Waals surface area contributed by atoms with Crippen LogP contribution < -0.4 is 15.2 Å². The van der Waals surface area contributed by atoms with Gasteiger partial charge in [0.05, 0.1) is 23.6 Å². The van der Waals surface area contributed by atoms with Crippen molar-refractivity contribution in [2.24, 2.45) is 5.92 Å². The topological polar surface area (TPSA) is 89.6 Å². The SMILES string of the molecule is O=C(Nc1ccc(F)c([N+](=O)[O-])c1)C1CCN(c2ccc(C(F)(F)F)c[nH+]2)CC1. The molecule has 1 aliphatic heterocycles. The Balaban J connectivity index is 1.58. The van der Waals surface area contributed by atoms with Crippen LogP contribution in [0.3, 0.4) is 0 Å². The van der Waals surface area contributed by atoms with E-state index in [9.17, 15) is 32.5 Å². The number of H-pyrrole nitrogens is 1. The molecule has 3 rings (SSSR count). The van der Waals surface area contributed by atoms with E-state index in [0.717, 1.165) is 24.4 Å². The van der Waals surface area contributed by atoms with Crippen LogP contribution in [-0.2, 0) is 11.0 Å². The highest BCUT2D eigenvalue weighted by atomic mass is 19.4. The van der Waals surface area contributed by atoms with Crippen molar-refractivity contribution in [1.82, 2.24) is 0 Å². The van der Waals surface area contributed by atoms with Crippen LogP contribution in [0.25, 0.3) is 0 Å². The number of halogens is 4. The van der Waals surface area contributed by atoms with Gasteiger partial charge in [-0.15, -0.1) is 0 Å². The molecule has 0 spiro atoms.